The van der Waals surface area contributed by atoms with Gasteiger partial charge in [0, 0.05) is 63.2 Å². The Kier molecular flexibility index (Phi) is 4.24. The molecule has 0 atom stereocenters. The number of nitrogens with one attached hydrogen (secondary N) is 1. The highest BCUT2D eigenvalue weighted by Gasteiger charge is 2.33. The Hall–Kier alpha value is -1.92. The van der Waals surface area contributed by atoms with E-state index in [1.165, 1.54) is 0 Å². The molecule has 1 aromatic carbocycles. The molecule has 3 heterocycles. The Morgan fingerprint density at radius 2 is 1.83 bits per heavy atom. The molecular formula is C18H24FN5. The molecule has 5 nitrogen and oxygen atoms in total. The standard InChI is InChI=1S/C18H24FN5/c1-14-10-16(21-20-14)11-22-12-18(13-22)24-8-6-23(7-9-24)17-4-2-15(19)3-5-17/h2-5,10,18H,6-9,11-13H2,1H3,(H,20,21). The zero-order chi connectivity index (χ0) is 16.5. The zero-order valence-corrected chi connectivity index (χ0v) is 14.1. The molecule has 0 bridgehead atoms. The number of hydrogen-bond acceptors (Lipinski definition) is 4. The number of H-pyrrole nitrogens is 1. The summed E-state index contributed by atoms with van der Waals surface area (Å²) in [5, 5.41) is 7.32. The van der Waals surface area contributed by atoms with Gasteiger partial charge in [0.25, 0.3) is 0 Å². The summed E-state index contributed by atoms with van der Waals surface area (Å²) >= 11 is 0. The topological polar surface area (TPSA) is 38.4 Å². The monoisotopic (exact) mass is 329 g/mol. The molecule has 0 saturated carbocycles. The van der Waals surface area contributed by atoms with Crippen LogP contribution in [0.2, 0.25) is 0 Å². The normalized spacial score (nSPS) is 20.3. The second-order valence-electron chi connectivity index (χ2n) is 6.89. The molecular weight excluding hydrogens is 305 g/mol. The summed E-state index contributed by atoms with van der Waals surface area (Å²) in [4.78, 5) is 7.39. The summed E-state index contributed by atoms with van der Waals surface area (Å²) in [6.45, 7) is 9.42. The third-order valence-electron chi connectivity index (χ3n) is 5.10. The highest BCUT2D eigenvalue weighted by Crippen LogP contribution is 2.22. The number of aryl methyl sites for hydroxylation is 1. The number of rotatable bonds is 4. The van der Waals surface area contributed by atoms with E-state index < -0.39 is 0 Å². The van der Waals surface area contributed by atoms with Crippen molar-refractivity contribution in [1.82, 2.24) is 20.0 Å². The molecule has 2 aliphatic rings. The molecule has 4 rings (SSSR count). The van der Waals surface area contributed by atoms with Crippen molar-refractivity contribution in [2.24, 2.45) is 0 Å². The van der Waals surface area contributed by atoms with Crippen molar-refractivity contribution in [2.75, 3.05) is 44.2 Å². The van der Waals surface area contributed by atoms with Crippen LogP contribution >= 0.6 is 0 Å². The first-order valence-corrected chi connectivity index (χ1v) is 8.65. The van der Waals surface area contributed by atoms with Gasteiger partial charge in [-0.2, -0.15) is 5.10 Å². The van der Waals surface area contributed by atoms with Gasteiger partial charge in [0.2, 0.25) is 0 Å². The quantitative estimate of drug-likeness (QED) is 0.929. The van der Waals surface area contributed by atoms with Crippen molar-refractivity contribution in [1.29, 1.82) is 0 Å². The molecule has 2 fully saturated rings. The Labute approximate surface area is 142 Å². The summed E-state index contributed by atoms with van der Waals surface area (Å²) in [7, 11) is 0. The fourth-order valence-electron chi connectivity index (χ4n) is 3.68. The highest BCUT2D eigenvalue weighted by atomic mass is 19.1. The van der Waals surface area contributed by atoms with Crippen LogP contribution < -0.4 is 4.90 Å². The van der Waals surface area contributed by atoms with Crippen molar-refractivity contribution in [3.05, 3.63) is 47.5 Å². The Morgan fingerprint density at radius 1 is 1.12 bits per heavy atom. The lowest BCUT2D eigenvalue weighted by Gasteiger charge is -2.48. The van der Waals surface area contributed by atoms with E-state index in [2.05, 4.69) is 31.0 Å². The van der Waals surface area contributed by atoms with Crippen molar-refractivity contribution in [2.45, 2.75) is 19.5 Å². The average Bonchev–Trinajstić information content (AvgIpc) is 2.97. The van der Waals surface area contributed by atoms with Crippen LogP contribution in [0, 0.1) is 12.7 Å². The van der Waals surface area contributed by atoms with E-state index in [0.29, 0.717) is 6.04 Å². The van der Waals surface area contributed by atoms with Gasteiger partial charge in [-0.3, -0.25) is 14.9 Å². The molecule has 0 amide bonds. The minimum absolute atomic E-state index is 0.168. The molecule has 0 aliphatic carbocycles. The van der Waals surface area contributed by atoms with E-state index >= 15 is 0 Å². The number of aromatic amines is 1. The van der Waals surface area contributed by atoms with Crippen LogP contribution in [0.4, 0.5) is 10.1 Å². The number of anilines is 1. The Balaban J connectivity index is 1.23. The first-order valence-electron chi connectivity index (χ1n) is 8.65. The number of likely N-dealkylation sites (tertiary alicyclic amines) is 1. The summed E-state index contributed by atoms with van der Waals surface area (Å²) < 4.78 is 13.0. The van der Waals surface area contributed by atoms with Crippen molar-refractivity contribution in [3.63, 3.8) is 0 Å². The van der Waals surface area contributed by atoms with Crippen molar-refractivity contribution >= 4 is 5.69 Å². The second-order valence-corrected chi connectivity index (χ2v) is 6.89. The molecule has 128 valence electrons. The van der Waals surface area contributed by atoms with Gasteiger partial charge in [-0.05, 0) is 37.3 Å². The molecule has 6 heteroatoms. The maximum Gasteiger partial charge on any atom is 0.123 e. The van der Waals surface area contributed by atoms with E-state index in [-0.39, 0.29) is 5.82 Å². The fourth-order valence-corrected chi connectivity index (χ4v) is 3.68. The first kappa shape index (κ1) is 15.6. The van der Waals surface area contributed by atoms with Gasteiger partial charge in [-0.25, -0.2) is 4.39 Å². The maximum absolute atomic E-state index is 13.0. The minimum Gasteiger partial charge on any atom is -0.369 e. The lowest BCUT2D eigenvalue weighted by atomic mass is 10.1. The summed E-state index contributed by atoms with van der Waals surface area (Å²) in [5.74, 6) is -0.168. The van der Waals surface area contributed by atoms with Gasteiger partial charge in [-0.1, -0.05) is 0 Å². The molecule has 0 radical (unpaired) electrons. The summed E-state index contributed by atoms with van der Waals surface area (Å²) in [6.07, 6.45) is 0. The van der Waals surface area contributed by atoms with Gasteiger partial charge in [0.15, 0.2) is 0 Å². The second kappa shape index (κ2) is 6.53. The van der Waals surface area contributed by atoms with Crippen LogP contribution in [0.1, 0.15) is 11.4 Å². The van der Waals surface area contributed by atoms with Crippen LogP contribution in [0.3, 0.4) is 0 Å². The van der Waals surface area contributed by atoms with Crippen molar-refractivity contribution < 1.29 is 4.39 Å². The van der Waals surface area contributed by atoms with E-state index in [1.807, 2.05) is 19.1 Å². The van der Waals surface area contributed by atoms with E-state index in [4.69, 9.17) is 0 Å². The molecule has 2 aliphatic heterocycles. The number of aromatic nitrogens is 2. The van der Waals surface area contributed by atoms with Crippen LogP contribution in [0.15, 0.2) is 30.3 Å². The van der Waals surface area contributed by atoms with Gasteiger partial charge >= 0.3 is 0 Å². The molecule has 1 aromatic heterocycles. The lowest BCUT2D eigenvalue weighted by molar-refractivity contribution is 0.0249. The van der Waals surface area contributed by atoms with Crippen LogP contribution in [0.5, 0.6) is 0 Å². The molecule has 2 saturated heterocycles. The predicted octanol–water partition coefficient (Wildman–Crippen LogP) is 1.86. The molecule has 0 unspecified atom stereocenters. The van der Waals surface area contributed by atoms with Crippen LogP contribution in [0.25, 0.3) is 0 Å². The fraction of sp³-hybridized carbons (Fsp3) is 0.500. The van der Waals surface area contributed by atoms with Crippen LogP contribution in [-0.4, -0.2) is 65.3 Å². The molecule has 0 spiro atoms. The molecule has 2 aromatic rings. The van der Waals surface area contributed by atoms with Gasteiger partial charge in [0.1, 0.15) is 5.82 Å². The molecule has 1 N–H and O–H groups in total. The number of piperazine rings is 1. The van der Waals surface area contributed by atoms with E-state index in [1.54, 1.807) is 12.1 Å². The minimum atomic E-state index is -0.168. The SMILES string of the molecule is Cc1cc(CN2CC(N3CCN(c4ccc(F)cc4)CC3)C2)n[nH]1. The average molecular weight is 329 g/mol. The van der Waals surface area contributed by atoms with Gasteiger partial charge < -0.3 is 4.90 Å². The van der Waals surface area contributed by atoms with Gasteiger partial charge in [0.05, 0.1) is 5.69 Å². The zero-order valence-electron chi connectivity index (χ0n) is 14.1. The van der Waals surface area contributed by atoms with Crippen molar-refractivity contribution in [3.8, 4) is 0 Å². The third-order valence-corrected chi connectivity index (χ3v) is 5.10. The third kappa shape index (κ3) is 3.30. The Bertz CT molecular complexity index is 669. The first-order chi connectivity index (χ1) is 11.7. The lowest BCUT2D eigenvalue weighted by Crippen LogP contribution is -2.62. The highest BCUT2D eigenvalue weighted by molar-refractivity contribution is 5.46. The maximum atomic E-state index is 13.0. The van der Waals surface area contributed by atoms with Gasteiger partial charge in [-0.15, -0.1) is 0 Å². The largest absolute Gasteiger partial charge is 0.369 e. The Morgan fingerprint density at radius 3 is 2.46 bits per heavy atom. The van der Waals surface area contributed by atoms with E-state index in [9.17, 15) is 4.39 Å². The van der Waals surface area contributed by atoms with E-state index in [0.717, 1.165) is 62.9 Å². The number of hydrogen-bond donors (Lipinski definition) is 1. The van der Waals surface area contributed by atoms with Crippen LogP contribution in [-0.2, 0) is 6.54 Å². The molecule has 24 heavy (non-hydrogen) atoms. The summed E-state index contributed by atoms with van der Waals surface area (Å²) in [6, 6.07) is 9.63. The number of nitrogens with zero attached hydrogens (tertiary/aromatic N) is 4. The number of halogens is 1. The summed E-state index contributed by atoms with van der Waals surface area (Å²) in [5.41, 5.74) is 3.38. The number of benzene rings is 1. The predicted molar refractivity (Wildman–Crippen MR) is 92.6 cm³/mol. The smallest absolute Gasteiger partial charge is 0.123 e.